The van der Waals surface area contributed by atoms with Crippen molar-refractivity contribution in [3.8, 4) is 11.5 Å². The molecular weight excluding hydrogens is 387 g/mol. The molecule has 3 heteroatoms. The van der Waals surface area contributed by atoms with Crippen molar-refractivity contribution in [1.82, 2.24) is 0 Å². The summed E-state index contributed by atoms with van der Waals surface area (Å²) < 4.78 is 15.0. The third-order valence-corrected chi connectivity index (χ3v) is 12.7. The Morgan fingerprint density at radius 3 is 2.55 bits per heavy atom. The van der Waals surface area contributed by atoms with Crippen molar-refractivity contribution < 1.29 is 9.47 Å². The fraction of sp³-hybridized carbons (Fsp3) is 0.684. The van der Waals surface area contributed by atoms with E-state index in [9.17, 15) is 0 Å². The minimum absolute atomic E-state index is 0.834. The summed E-state index contributed by atoms with van der Waals surface area (Å²) in [5, 5.41) is 0. The summed E-state index contributed by atoms with van der Waals surface area (Å²) in [4.78, 5) is 0. The van der Waals surface area contributed by atoms with Gasteiger partial charge in [0.05, 0.1) is 0 Å². The monoisotopic (exact) mass is 416 g/mol. The molecular formula is C19H29IO2. The van der Waals surface area contributed by atoms with Crippen molar-refractivity contribution in [3.05, 3.63) is 23.3 Å². The maximum atomic E-state index is 5.55. The molecule has 2 unspecified atom stereocenters. The van der Waals surface area contributed by atoms with E-state index in [1.165, 1.54) is 35.7 Å². The van der Waals surface area contributed by atoms with Crippen LogP contribution in [0.1, 0.15) is 48.2 Å². The van der Waals surface area contributed by atoms with Gasteiger partial charge in [-0.2, -0.15) is 0 Å². The van der Waals surface area contributed by atoms with Crippen LogP contribution in [0.5, 0.6) is 11.5 Å². The van der Waals surface area contributed by atoms with E-state index in [1.54, 1.807) is 24.2 Å². The number of ether oxygens (including phenoxy) is 2. The standard InChI is InChI=1S/C19H29IO2/c1-13(2)9-14-5-6-17-16-11-19(22-4)18(21-3)10-15(16)7-8-20(17)12-14/h10-11,13-14,17H,5-9,12H2,1-4H3. The van der Waals surface area contributed by atoms with Gasteiger partial charge in [-0.15, -0.1) is 0 Å². The Labute approximate surface area is 142 Å². The summed E-state index contributed by atoms with van der Waals surface area (Å²) in [5.74, 6) is 3.70. The van der Waals surface area contributed by atoms with Crippen LogP contribution in [-0.2, 0) is 6.42 Å². The average Bonchev–Trinajstić information content (AvgIpc) is 2.52. The summed E-state index contributed by atoms with van der Waals surface area (Å²) >= 11 is -0.834. The second-order valence-electron chi connectivity index (χ2n) is 7.04. The molecule has 0 bridgehead atoms. The van der Waals surface area contributed by atoms with Crippen LogP contribution < -0.4 is 9.47 Å². The fourth-order valence-electron chi connectivity index (χ4n) is 4.05. The minimum atomic E-state index is -0.834. The van der Waals surface area contributed by atoms with Crippen LogP contribution in [0.15, 0.2) is 12.1 Å². The molecule has 0 amide bonds. The number of rotatable bonds is 4. The van der Waals surface area contributed by atoms with Gasteiger partial charge in [0, 0.05) is 0 Å². The van der Waals surface area contributed by atoms with E-state index >= 15 is 0 Å². The number of halogens is 1. The Kier molecular flexibility index (Phi) is 5.20. The first-order valence-corrected chi connectivity index (χ1v) is 12.8. The maximum absolute atomic E-state index is 5.55. The van der Waals surface area contributed by atoms with E-state index < -0.39 is 19.8 Å². The Morgan fingerprint density at radius 2 is 1.86 bits per heavy atom. The number of hydrogen-bond donors (Lipinski definition) is 0. The number of benzene rings is 1. The van der Waals surface area contributed by atoms with E-state index in [2.05, 4.69) is 26.0 Å². The topological polar surface area (TPSA) is 18.5 Å². The quantitative estimate of drug-likeness (QED) is 0.492. The van der Waals surface area contributed by atoms with Crippen LogP contribution in [0.4, 0.5) is 0 Å². The van der Waals surface area contributed by atoms with Gasteiger partial charge in [0.15, 0.2) is 0 Å². The average molecular weight is 416 g/mol. The Balaban J connectivity index is 1.82. The molecule has 0 aliphatic carbocycles. The first-order valence-electron chi connectivity index (χ1n) is 8.47. The van der Waals surface area contributed by atoms with Crippen molar-refractivity contribution in [2.75, 3.05) is 23.1 Å². The molecule has 0 spiro atoms. The predicted octanol–water partition coefficient (Wildman–Crippen LogP) is 5.26. The van der Waals surface area contributed by atoms with Gasteiger partial charge in [0.1, 0.15) is 0 Å². The molecule has 2 aliphatic rings. The van der Waals surface area contributed by atoms with Crippen molar-refractivity contribution in [2.24, 2.45) is 11.8 Å². The molecule has 0 radical (unpaired) electrons. The number of fused-ring (bicyclic) bond motifs is 3. The van der Waals surface area contributed by atoms with Gasteiger partial charge in [-0.3, -0.25) is 0 Å². The van der Waals surface area contributed by atoms with E-state index in [0.717, 1.165) is 27.3 Å². The molecule has 2 aliphatic heterocycles. The zero-order valence-electron chi connectivity index (χ0n) is 14.3. The molecule has 0 N–H and O–H groups in total. The predicted molar refractivity (Wildman–Crippen MR) is 102 cm³/mol. The van der Waals surface area contributed by atoms with Crippen LogP contribution in [-0.4, -0.2) is 23.1 Å². The van der Waals surface area contributed by atoms with Gasteiger partial charge in [0.2, 0.25) is 0 Å². The summed E-state index contributed by atoms with van der Waals surface area (Å²) in [5.41, 5.74) is 3.13. The number of aryl methyl sites for hydroxylation is 1. The second-order valence-corrected chi connectivity index (χ2v) is 13.3. The molecule has 1 fully saturated rings. The first-order chi connectivity index (χ1) is 10.6. The van der Waals surface area contributed by atoms with Gasteiger partial charge in [-0.25, -0.2) is 0 Å². The van der Waals surface area contributed by atoms with E-state index in [4.69, 9.17) is 9.47 Å². The molecule has 2 atom stereocenters. The van der Waals surface area contributed by atoms with Crippen LogP contribution >= 0.6 is 19.8 Å². The van der Waals surface area contributed by atoms with Gasteiger partial charge in [-0.1, -0.05) is 0 Å². The number of methoxy groups -OCH3 is 2. The summed E-state index contributed by atoms with van der Waals surface area (Å²) in [7, 11) is 3.49. The molecule has 2 nitrogen and oxygen atoms in total. The molecule has 0 aromatic heterocycles. The van der Waals surface area contributed by atoms with Crippen molar-refractivity contribution in [3.63, 3.8) is 0 Å². The molecule has 124 valence electrons. The zero-order valence-corrected chi connectivity index (χ0v) is 16.5. The first kappa shape index (κ1) is 16.4. The van der Waals surface area contributed by atoms with Crippen LogP contribution in [0.25, 0.3) is 0 Å². The molecule has 22 heavy (non-hydrogen) atoms. The Morgan fingerprint density at radius 1 is 1.14 bits per heavy atom. The Bertz CT molecular complexity index is 526. The Hall–Kier alpha value is -0.450. The van der Waals surface area contributed by atoms with Gasteiger partial charge < -0.3 is 0 Å². The van der Waals surface area contributed by atoms with Crippen LogP contribution in [0.2, 0.25) is 0 Å². The van der Waals surface area contributed by atoms with Gasteiger partial charge >= 0.3 is 142 Å². The molecule has 0 saturated carbocycles. The van der Waals surface area contributed by atoms with Crippen molar-refractivity contribution >= 4 is 19.8 Å². The second kappa shape index (κ2) is 6.98. The van der Waals surface area contributed by atoms with Gasteiger partial charge in [-0.05, 0) is 0 Å². The van der Waals surface area contributed by atoms with Crippen LogP contribution in [0.3, 0.4) is 0 Å². The zero-order chi connectivity index (χ0) is 15.7. The number of alkyl halides is 3. The fourth-order valence-corrected chi connectivity index (χ4v) is 12.3. The normalized spacial score (nSPS) is 25.6. The molecule has 3 rings (SSSR count). The van der Waals surface area contributed by atoms with Crippen molar-refractivity contribution in [2.45, 2.75) is 43.5 Å². The van der Waals surface area contributed by atoms with E-state index in [0.29, 0.717) is 0 Å². The molecule has 2 heterocycles. The van der Waals surface area contributed by atoms with E-state index in [-0.39, 0.29) is 0 Å². The summed E-state index contributed by atoms with van der Waals surface area (Å²) in [6.07, 6.45) is 5.57. The van der Waals surface area contributed by atoms with Crippen LogP contribution in [0, 0.1) is 11.8 Å². The molecule has 1 aromatic rings. The summed E-state index contributed by atoms with van der Waals surface area (Å²) in [6, 6.07) is 4.53. The van der Waals surface area contributed by atoms with Crippen molar-refractivity contribution in [1.29, 1.82) is 0 Å². The SMILES string of the molecule is COc1cc2c(cc1OC)C1CCC(CC(C)C)CI1CC2. The third-order valence-electron chi connectivity index (χ3n) is 5.01. The molecule has 1 aromatic carbocycles. The number of hydrogen-bond acceptors (Lipinski definition) is 2. The van der Waals surface area contributed by atoms with E-state index in [1.807, 2.05) is 0 Å². The summed E-state index contributed by atoms with van der Waals surface area (Å²) in [6.45, 7) is 4.76. The third kappa shape index (κ3) is 3.24. The molecule has 1 saturated heterocycles. The van der Waals surface area contributed by atoms with Gasteiger partial charge in [0.25, 0.3) is 0 Å².